The summed E-state index contributed by atoms with van der Waals surface area (Å²) >= 11 is 0. The van der Waals surface area contributed by atoms with Gasteiger partial charge in [0.2, 0.25) is 0 Å². The fraction of sp³-hybridized carbons (Fsp3) is 0.200. The van der Waals surface area contributed by atoms with Crippen LogP contribution in [0.25, 0.3) is 5.69 Å². The second kappa shape index (κ2) is 6.53. The van der Waals surface area contributed by atoms with E-state index in [2.05, 4.69) is 23.4 Å². The second-order valence-corrected chi connectivity index (χ2v) is 6.32. The zero-order valence-corrected chi connectivity index (χ0v) is 14.1. The van der Waals surface area contributed by atoms with Gasteiger partial charge in [-0.3, -0.25) is 4.79 Å². The van der Waals surface area contributed by atoms with Crippen LogP contribution in [0.1, 0.15) is 22.8 Å². The largest absolute Gasteiger partial charge is 0.308 e. The topological polar surface area (TPSA) is 50.2 Å². The lowest BCUT2D eigenvalue weighted by molar-refractivity contribution is 0.0985. The highest BCUT2D eigenvalue weighted by Crippen LogP contribution is 2.25. The molecule has 0 spiro atoms. The van der Waals surface area contributed by atoms with E-state index in [-0.39, 0.29) is 11.9 Å². The predicted octanol–water partition coefficient (Wildman–Crippen LogP) is 3.01. The maximum absolute atomic E-state index is 13.1. The van der Waals surface area contributed by atoms with Crippen molar-refractivity contribution in [3.63, 3.8) is 0 Å². The first-order valence-corrected chi connectivity index (χ1v) is 8.45. The van der Waals surface area contributed by atoms with Gasteiger partial charge in [-0.2, -0.15) is 5.10 Å². The molecular formula is C20H20N4O. The van der Waals surface area contributed by atoms with Gasteiger partial charge in [0, 0.05) is 42.8 Å². The minimum Gasteiger partial charge on any atom is -0.308 e. The molecule has 5 nitrogen and oxygen atoms in total. The number of nitrogens with one attached hydrogen (secondary N) is 1. The summed E-state index contributed by atoms with van der Waals surface area (Å²) in [5.41, 5.74) is 3.75. The first-order chi connectivity index (χ1) is 12.2. The van der Waals surface area contributed by atoms with E-state index < -0.39 is 0 Å². The molecule has 126 valence electrons. The number of carbonyl (C=O) groups excluding carboxylic acids is 1. The molecule has 0 bridgehead atoms. The maximum atomic E-state index is 13.1. The molecule has 25 heavy (non-hydrogen) atoms. The Balaban J connectivity index is 1.65. The van der Waals surface area contributed by atoms with Crippen LogP contribution < -0.4 is 10.2 Å². The molecule has 2 aromatic carbocycles. The first-order valence-electron chi connectivity index (χ1n) is 8.45. The lowest BCUT2D eigenvalue weighted by atomic mass is 10.1. The number of anilines is 1. The zero-order chi connectivity index (χ0) is 17.2. The van der Waals surface area contributed by atoms with Crippen LogP contribution in [0.5, 0.6) is 0 Å². The molecule has 0 fully saturated rings. The molecular weight excluding hydrogens is 312 g/mol. The summed E-state index contributed by atoms with van der Waals surface area (Å²) < 4.78 is 1.78. The van der Waals surface area contributed by atoms with Crippen LogP contribution >= 0.6 is 0 Å². The number of benzene rings is 2. The maximum Gasteiger partial charge on any atom is 0.258 e. The summed E-state index contributed by atoms with van der Waals surface area (Å²) in [4.78, 5) is 15.0. The molecule has 0 unspecified atom stereocenters. The van der Waals surface area contributed by atoms with Crippen LogP contribution in [-0.2, 0) is 6.54 Å². The Bertz CT molecular complexity index is 871. The van der Waals surface area contributed by atoms with E-state index in [9.17, 15) is 4.79 Å². The van der Waals surface area contributed by atoms with Crippen LogP contribution in [0, 0.1) is 0 Å². The van der Waals surface area contributed by atoms with Crippen LogP contribution in [0.2, 0.25) is 0 Å². The van der Waals surface area contributed by atoms with Crippen LogP contribution in [0.3, 0.4) is 0 Å². The van der Waals surface area contributed by atoms with Gasteiger partial charge in [0.05, 0.1) is 5.69 Å². The van der Waals surface area contributed by atoms with Gasteiger partial charge in [0.15, 0.2) is 0 Å². The lowest BCUT2D eigenvalue weighted by Crippen LogP contribution is -2.39. The number of hydrogen-bond acceptors (Lipinski definition) is 3. The van der Waals surface area contributed by atoms with Gasteiger partial charge in [-0.1, -0.05) is 18.2 Å². The summed E-state index contributed by atoms with van der Waals surface area (Å²) in [5, 5.41) is 7.68. The average Bonchev–Trinajstić information content (AvgIpc) is 3.13. The standard InChI is InChI=1S/C20H20N4O/c1-15-14-23(19-6-3-2-5-17(19)13-21-15)20(25)16-7-9-18(10-8-16)24-12-4-11-22-24/h2-12,15,21H,13-14H2,1H3/t15-/m1/s1. The summed E-state index contributed by atoms with van der Waals surface area (Å²) in [7, 11) is 0. The molecule has 1 aromatic heterocycles. The fourth-order valence-electron chi connectivity index (χ4n) is 3.17. The smallest absolute Gasteiger partial charge is 0.258 e. The summed E-state index contributed by atoms with van der Waals surface area (Å²) in [6, 6.07) is 17.8. The van der Waals surface area contributed by atoms with Gasteiger partial charge in [0.25, 0.3) is 5.91 Å². The number of para-hydroxylation sites is 1. The molecule has 1 aliphatic rings. The quantitative estimate of drug-likeness (QED) is 0.785. The monoisotopic (exact) mass is 332 g/mol. The second-order valence-electron chi connectivity index (χ2n) is 6.32. The summed E-state index contributed by atoms with van der Waals surface area (Å²) in [6.07, 6.45) is 3.62. The van der Waals surface area contributed by atoms with Crippen molar-refractivity contribution in [2.24, 2.45) is 0 Å². The number of carbonyl (C=O) groups is 1. The van der Waals surface area contributed by atoms with E-state index in [0.717, 1.165) is 23.5 Å². The van der Waals surface area contributed by atoms with E-state index in [4.69, 9.17) is 0 Å². The minimum atomic E-state index is 0.0232. The van der Waals surface area contributed by atoms with Crippen LogP contribution in [0.4, 0.5) is 5.69 Å². The van der Waals surface area contributed by atoms with Gasteiger partial charge in [-0.05, 0) is 48.9 Å². The van der Waals surface area contributed by atoms with Gasteiger partial charge >= 0.3 is 0 Å². The number of amides is 1. The molecule has 5 heteroatoms. The summed E-state index contributed by atoms with van der Waals surface area (Å²) in [5.74, 6) is 0.0232. The van der Waals surface area contributed by atoms with E-state index >= 15 is 0 Å². The third-order valence-electron chi connectivity index (χ3n) is 4.51. The van der Waals surface area contributed by atoms with E-state index in [0.29, 0.717) is 12.1 Å². The van der Waals surface area contributed by atoms with Crippen molar-refractivity contribution < 1.29 is 4.79 Å². The molecule has 1 N–H and O–H groups in total. The van der Waals surface area contributed by atoms with Crippen molar-refractivity contribution in [3.05, 3.63) is 78.1 Å². The predicted molar refractivity (Wildman–Crippen MR) is 98.0 cm³/mol. The highest BCUT2D eigenvalue weighted by molar-refractivity contribution is 6.06. The zero-order valence-electron chi connectivity index (χ0n) is 14.1. The minimum absolute atomic E-state index is 0.0232. The number of hydrogen-bond donors (Lipinski definition) is 1. The molecule has 1 aliphatic heterocycles. The van der Waals surface area contributed by atoms with Crippen molar-refractivity contribution in [1.82, 2.24) is 15.1 Å². The van der Waals surface area contributed by atoms with Gasteiger partial charge in [0.1, 0.15) is 0 Å². The molecule has 2 heterocycles. The molecule has 1 atom stereocenters. The molecule has 0 saturated heterocycles. The molecule has 3 aromatic rings. The SMILES string of the molecule is C[C@@H]1CN(C(=O)c2ccc(-n3cccn3)cc2)c2ccccc2CN1. The summed E-state index contributed by atoms with van der Waals surface area (Å²) in [6.45, 7) is 3.53. The first kappa shape index (κ1) is 15.6. The highest BCUT2D eigenvalue weighted by Gasteiger charge is 2.24. The number of fused-ring (bicyclic) bond motifs is 1. The molecule has 1 amide bonds. The average molecular weight is 332 g/mol. The molecule has 0 aliphatic carbocycles. The van der Waals surface area contributed by atoms with Crippen molar-refractivity contribution >= 4 is 11.6 Å². The number of nitrogens with zero attached hydrogens (tertiary/aromatic N) is 3. The normalized spacial score (nSPS) is 17.0. The van der Waals surface area contributed by atoms with E-state index in [1.807, 2.05) is 59.6 Å². The Morgan fingerprint density at radius 2 is 1.92 bits per heavy atom. The lowest BCUT2D eigenvalue weighted by Gasteiger charge is -2.24. The van der Waals surface area contributed by atoms with Crippen molar-refractivity contribution in [2.75, 3.05) is 11.4 Å². The fourth-order valence-corrected chi connectivity index (χ4v) is 3.17. The van der Waals surface area contributed by atoms with Crippen molar-refractivity contribution in [1.29, 1.82) is 0 Å². The van der Waals surface area contributed by atoms with Crippen LogP contribution in [-0.4, -0.2) is 28.3 Å². The van der Waals surface area contributed by atoms with Gasteiger partial charge in [-0.15, -0.1) is 0 Å². The van der Waals surface area contributed by atoms with E-state index in [1.54, 1.807) is 10.9 Å². The number of aromatic nitrogens is 2. The molecule has 4 rings (SSSR count). The molecule has 0 radical (unpaired) electrons. The third kappa shape index (κ3) is 3.06. The van der Waals surface area contributed by atoms with Crippen molar-refractivity contribution in [2.45, 2.75) is 19.5 Å². The Kier molecular flexibility index (Phi) is 4.07. The van der Waals surface area contributed by atoms with Crippen molar-refractivity contribution in [3.8, 4) is 5.69 Å². The van der Waals surface area contributed by atoms with Gasteiger partial charge in [-0.25, -0.2) is 4.68 Å². The Labute approximate surface area is 146 Å². The Morgan fingerprint density at radius 3 is 2.68 bits per heavy atom. The highest BCUT2D eigenvalue weighted by atomic mass is 16.2. The number of rotatable bonds is 2. The van der Waals surface area contributed by atoms with Gasteiger partial charge < -0.3 is 10.2 Å². The molecule has 0 saturated carbocycles. The Hall–Kier alpha value is -2.92. The van der Waals surface area contributed by atoms with Crippen LogP contribution in [0.15, 0.2) is 67.0 Å². The Morgan fingerprint density at radius 1 is 1.12 bits per heavy atom. The van der Waals surface area contributed by atoms with E-state index in [1.165, 1.54) is 0 Å². The third-order valence-corrected chi connectivity index (χ3v) is 4.51.